The molecular weight excluding hydrogens is 261 g/mol. The third-order valence-electron chi connectivity index (χ3n) is 2.09. The minimum absolute atomic E-state index is 0.0504. The molecule has 92 valence electrons. The van der Waals surface area contributed by atoms with Gasteiger partial charge in [-0.2, -0.15) is 0 Å². The number of phenols is 1. The van der Waals surface area contributed by atoms with Crippen molar-refractivity contribution in [2.24, 2.45) is 0 Å². The number of hydrogen-bond acceptors (Lipinski definition) is 4. The van der Waals surface area contributed by atoms with E-state index < -0.39 is 23.0 Å². The average Bonchev–Trinajstić information content (AvgIpc) is 2.28. The van der Waals surface area contributed by atoms with Crippen LogP contribution >= 0.6 is 11.6 Å². The van der Waals surface area contributed by atoms with E-state index in [4.69, 9.17) is 11.6 Å². The van der Waals surface area contributed by atoms with E-state index in [1.54, 1.807) is 0 Å². The smallest absolute Gasteiger partial charge is 0.263 e. The van der Waals surface area contributed by atoms with Crippen molar-refractivity contribution in [3.8, 4) is 5.75 Å². The minimum atomic E-state index is -0.826. The first-order chi connectivity index (χ1) is 8.58. The highest BCUT2D eigenvalue weighted by molar-refractivity contribution is 6.28. The molecule has 0 aliphatic rings. The lowest BCUT2D eigenvalue weighted by Crippen LogP contribution is -2.15. The molecule has 0 aliphatic heterocycles. The molecule has 0 radical (unpaired) electrons. The van der Waals surface area contributed by atoms with Crippen molar-refractivity contribution in [3.05, 3.63) is 47.1 Å². The van der Waals surface area contributed by atoms with Gasteiger partial charge in [0, 0.05) is 6.20 Å². The number of aromatic hydroxyl groups is 1. The summed E-state index contributed by atoms with van der Waals surface area (Å²) in [6, 6.07) is 4.97. The number of anilines is 1. The molecule has 2 aromatic rings. The summed E-state index contributed by atoms with van der Waals surface area (Å²) in [5.74, 6) is -1.98. The van der Waals surface area contributed by atoms with Crippen molar-refractivity contribution >= 4 is 23.3 Å². The lowest BCUT2D eigenvalue weighted by Gasteiger charge is -2.06. The van der Waals surface area contributed by atoms with Crippen LogP contribution in [0.5, 0.6) is 5.75 Å². The maximum Gasteiger partial charge on any atom is 0.263 e. The lowest BCUT2D eigenvalue weighted by atomic mass is 10.1. The Labute approximate surface area is 106 Å². The van der Waals surface area contributed by atoms with Gasteiger partial charge in [0.25, 0.3) is 5.91 Å². The number of carbonyl (C=O) groups is 1. The molecule has 0 aliphatic carbocycles. The molecule has 1 aromatic carbocycles. The van der Waals surface area contributed by atoms with E-state index in [1.807, 2.05) is 0 Å². The molecule has 0 unspecified atom stereocenters. The van der Waals surface area contributed by atoms with Gasteiger partial charge in [0.1, 0.15) is 22.9 Å². The van der Waals surface area contributed by atoms with Crippen molar-refractivity contribution in [2.75, 3.05) is 5.32 Å². The fourth-order valence-corrected chi connectivity index (χ4v) is 1.47. The molecule has 5 nitrogen and oxygen atoms in total. The van der Waals surface area contributed by atoms with Crippen LogP contribution in [0.4, 0.5) is 10.2 Å². The van der Waals surface area contributed by atoms with Crippen molar-refractivity contribution in [1.82, 2.24) is 9.97 Å². The Kier molecular flexibility index (Phi) is 3.38. The Bertz CT molecular complexity index is 586. The van der Waals surface area contributed by atoms with E-state index in [0.717, 1.165) is 6.07 Å². The second kappa shape index (κ2) is 4.97. The summed E-state index contributed by atoms with van der Waals surface area (Å²) in [4.78, 5) is 19.1. The Morgan fingerprint density at radius 1 is 1.39 bits per heavy atom. The van der Waals surface area contributed by atoms with Crippen molar-refractivity contribution < 1.29 is 14.3 Å². The van der Waals surface area contributed by atoms with Gasteiger partial charge in [-0.05, 0) is 29.8 Å². The molecule has 0 saturated carbocycles. The fraction of sp³-hybridized carbons (Fsp3) is 0. The van der Waals surface area contributed by atoms with Crippen LogP contribution in [0, 0.1) is 5.82 Å². The number of nitrogens with zero attached hydrogens (tertiary/aromatic N) is 2. The highest BCUT2D eigenvalue weighted by Gasteiger charge is 2.17. The molecule has 1 heterocycles. The second-order valence-electron chi connectivity index (χ2n) is 3.30. The second-order valence-corrected chi connectivity index (χ2v) is 3.64. The Morgan fingerprint density at radius 2 is 2.17 bits per heavy atom. The lowest BCUT2D eigenvalue weighted by molar-refractivity contribution is 0.102. The highest BCUT2D eigenvalue weighted by atomic mass is 35.5. The van der Waals surface area contributed by atoms with Crippen LogP contribution in [0.2, 0.25) is 5.28 Å². The number of amides is 1. The minimum Gasteiger partial charge on any atom is -0.507 e. The maximum atomic E-state index is 13.4. The van der Waals surface area contributed by atoms with Crippen molar-refractivity contribution in [3.63, 3.8) is 0 Å². The van der Waals surface area contributed by atoms with E-state index in [0.29, 0.717) is 0 Å². The van der Waals surface area contributed by atoms with Crippen LogP contribution in [0.1, 0.15) is 10.4 Å². The Balaban J connectivity index is 2.28. The first kappa shape index (κ1) is 12.3. The molecule has 0 bridgehead atoms. The van der Waals surface area contributed by atoms with Crippen LogP contribution in [0.25, 0.3) is 0 Å². The normalized spacial score (nSPS) is 10.1. The third kappa shape index (κ3) is 2.54. The Hall–Kier alpha value is -2.21. The molecule has 0 atom stereocenters. The summed E-state index contributed by atoms with van der Waals surface area (Å²) in [5.41, 5.74) is -0.452. The molecule has 1 aromatic heterocycles. The van der Waals surface area contributed by atoms with E-state index >= 15 is 0 Å². The quantitative estimate of drug-likeness (QED) is 0.818. The van der Waals surface area contributed by atoms with E-state index in [9.17, 15) is 14.3 Å². The standard InChI is InChI=1S/C11H7ClFN3O2/c12-11-14-5-4-8(16-11)15-10(18)9-6(13)2-1-3-7(9)17/h1-5,17H,(H,14,15,16,18). The number of nitrogens with one attached hydrogen (secondary N) is 1. The number of carbonyl (C=O) groups excluding carboxylic acids is 1. The van der Waals surface area contributed by atoms with Crippen LogP contribution < -0.4 is 5.32 Å². The summed E-state index contributed by atoms with van der Waals surface area (Å²) in [6.07, 6.45) is 1.34. The number of hydrogen-bond donors (Lipinski definition) is 2. The van der Waals surface area contributed by atoms with Crippen molar-refractivity contribution in [2.45, 2.75) is 0 Å². The number of benzene rings is 1. The topological polar surface area (TPSA) is 75.1 Å². The number of phenolic OH excluding ortho intramolecular Hbond substituents is 1. The first-order valence-corrected chi connectivity index (χ1v) is 5.23. The van der Waals surface area contributed by atoms with E-state index in [2.05, 4.69) is 15.3 Å². The van der Waals surface area contributed by atoms with Gasteiger partial charge >= 0.3 is 0 Å². The molecular formula is C11H7ClFN3O2. The molecule has 0 fully saturated rings. The SMILES string of the molecule is O=C(Nc1ccnc(Cl)n1)c1c(O)cccc1F. The number of aromatic nitrogens is 2. The maximum absolute atomic E-state index is 13.4. The predicted molar refractivity (Wildman–Crippen MR) is 63.1 cm³/mol. The summed E-state index contributed by atoms with van der Waals surface area (Å²) in [6.45, 7) is 0. The Morgan fingerprint density at radius 3 is 2.83 bits per heavy atom. The summed E-state index contributed by atoms with van der Waals surface area (Å²) in [7, 11) is 0. The molecule has 2 N–H and O–H groups in total. The molecule has 7 heteroatoms. The first-order valence-electron chi connectivity index (χ1n) is 4.85. The van der Waals surface area contributed by atoms with Gasteiger partial charge in [-0.3, -0.25) is 4.79 Å². The molecule has 18 heavy (non-hydrogen) atoms. The predicted octanol–water partition coefficient (Wildman–Crippen LogP) is 2.23. The molecule has 0 saturated heterocycles. The van der Waals surface area contributed by atoms with Gasteiger partial charge in [-0.1, -0.05) is 6.07 Å². The molecule has 1 amide bonds. The average molecular weight is 268 g/mol. The highest BCUT2D eigenvalue weighted by Crippen LogP contribution is 2.20. The number of halogens is 2. The van der Waals surface area contributed by atoms with Gasteiger partial charge < -0.3 is 10.4 Å². The van der Waals surface area contributed by atoms with Gasteiger partial charge in [-0.15, -0.1) is 0 Å². The summed E-state index contributed by atoms with van der Waals surface area (Å²) >= 11 is 5.54. The van der Waals surface area contributed by atoms with Crippen LogP contribution in [0.15, 0.2) is 30.5 Å². The van der Waals surface area contributed by atoms with Crippen LogP contribution in [-0.2, 0) is 0 Å². The van der Waals surface area contributed by atoms with Gasteiger partial charge in [-0.25, -0.2) is 14.4 Å². The zero-order valence-electron chi connectivity index (χ0n) is 8.89. The van der Waals surface area contributed by atoms with E-state index in [1.165, 1.54) is 24.4 Å². The fourth-order valence-electron chi connectivity index (χ4n) is 1.32. The zero-order valence-corrected chi connectivity index (χ0v) is 9.65. The van der Waals surface area contributed by atoms with Gasteiger partial charge in [0.2, 0.25) is 5.28 Å². The zero-order chi connectivity index (χ0) is 13.1. The largest absolute Gasteiger partial charge is 0.507 e. The van der Waals surface area contributed by atoms with Crippen molar-refractivity contribution in [1.29, 1.82) is 0 Å². The van der Waals surface area contributed by atoms with Crippen LogP contribution in [0.3, 0.4) is 0 Å². The van der Waals surface area contributed by atoms with Gasteiger partial charge in [0.15, 0.2) is 0 Å². The van der Waals surface area contributed by atoms with E-state index in [-0.39, 0.29) is 11.1 Å². The third-order valence-corrected chi connectivity index (χ3v) is 2.27. The monoisotopic (exact) mass is 267 g/mol. The summed E-state index contributed by atoms with van der Waals surface area (Å²) in [5, 5.41) is 11.7. The number of rotatable bonds is 2. The van der Waals surface area contributed by atoms with Gasteiger partial charge in [0.05, 0.1) is 0 Å². The molecule has 0 spiro atoms. The van der Waals surface area contributed by atoms with Crippen LogP contribution in [-0.4, -0.2) is 21.0 Å². The molecule has 2 rings (SSSR count). The summed E-state index contributed by atoms with van der Waals surface area (Å²) < 4.78 is 13.4.